The molecule has 23 heavy (non-hydrogen) atoms. The molecule has 4 saturated carbocycles. The number of thioether (sulfide) groups is 1. The van der Waals surface area contributed by atoms with Gasteiger partial charge in [-0.3, -0.25) is 0 Å². The Balaban J connectivity index is 1.49. The van der Waals surface area contributed by atoms with E-state index in [1.807, 2.05) is 12.5 Å². The van der Waals surface area contributed by atoms with Gasteiger partial charge in [-0.1, -0.05) is 19.8 Å². The molecule has 2 nitrogen and oxygen atoms in total. The fourth-order valence-electron chi connectivity index (χ4n) is 6.16. The van der Waals surface area contributed by atoms with Crippen LogP contribution in [-0.2, 0) is 6.54 Å². The number of rotatable bonds is 8. The predicted octanol–water partition coefficient (Wildman–Crippen LogP) is 5.39. The maximum Gasteiger partial charge on any atom is 0.0946 e. The number of nitrogens with zero attached hydrogens (tertiary/aromatic N) is 2. The van der Waals surface area contributed by atoms with Gasteiger partial charge in [-0.05, 0) is 73.9 Å². The topological polar surface area (TPSA) is 17.8 Å². The molecule has 0 aromatic carbocycles. The SMILES string of the molecule is CCCCCSC(Cn1ccnc1)C12CC3CC(CC(C3)C1)C2. The first kappa shape index (κ1) is 16.1. The lowest BCUT2D eigenvalue weighted by Crippen LogP contribution is -2.51. The summed E-state index contributed by atoms with van der Waals surface area (Å²) in [5.41, 5.74) is 0.649. The molecule has 0 radical (unpaired) electrons. The van der Waals surface area contributed by atoms with Crippen LogP contribution in [0.2, 0.25) is 0 Å². The maximum atomic E-state index is 4.29. The van der Waals surface area contributed by atoms with Crippen LogP contribution in [0.4, 0.5) is 0 Å². The molecule has 0 amide bonds. The molecule has 5 rings (SSSR count). The first-order valence-corrected chi connectivity index (χ1v) is 10.9. The zero-order chi connectivity index (χ0) is 15.7. The summed E-state index contributed by atoms with van der Waals surface area (Å²) in [6.07, 6.45) is 19.5. The van der Waals surface area contributed by atoms with E-state index < -0.39 is 0 Å². The second-order valence-corrected chi connectivity index (χ2v) is 9.92. The highest BCUT2D eigenvalue weighted by Gasteiger charge is 2.54. The Morgan fingerprint density at radius 3 is 2.39 bits per heavy atom. The Morgan fingerprint density at radius 1 is 1.13 bits per heavy atom. The zero-order valence-corrected chi connectivity index (χ0v) is 15.4. The Hall–Kier alpha value is -0.440. The van der Waals surface area contributed by atoms with E-state index in [4.69, 9.17) is 0 Å². The average Bonchev–Trinajstić information content (AvgIpc) is 3.02. The van der Waals surface area contributed by atoms with Gasteiger partial charge in [-0.25, -0.2) is 4.98 Å². The molecule has 1 aromatic rings. The first-order valence-electron chi connectivity index (χ1n) is 9.85. The van der Waals surface area contributed by atoms with Crippen LogP contribution in [0.25, 0.3) is 0 Å². The third-order valence-electron chi connectivity index (χ3n) is 6.77. The van der Waals surface area contributed by atoms with E-state index in [9.17, 15) is 0 Å². The number of imidazole rings is 1. The number of aromatic nitrogens is 2. The number of hydrogen-bond acceptors (Lipinski definition) is 2. The number of hydrogen-bond donors (Lipinski definition) is 0. The van der Waals surface area contributed by atoms with E-state index >= 15 is 0 Å². The highest BCUT2D eigenvalue weighted by Crippen LogP contribution is 2.63. The molecule has 4 fully saturated rings. The lowest BCUT2D eigenvalue weighted by Gasteiger charge is -2.59. The van der Waals surface area contributed by atoms with Gasteiger partial charge in [0.1, 0.15) is 0 Å². The summed E-state index contributed by atoms with van der Waals surface area (Å²) in [6, 6.07) is 0. The minimum absolute atomic E-state index is 0.649. The summed E-state index contributed by atoms with van der Waals surface area (Å²) in [7, 11) is 0. The number of unbranched alkanes of at least 4 members (excludes halogenated alkanes) is 2. The zero-order valence-electron chi connectivity index (χ0n) is 14.6. The van der Waals surface area contributed by atoms with E-state index in [0.29, 0.717) is 5.41 Å². The van der Waals surface area contributed by atoms with Gasteiger partial charge < -0.3 is 4.57 Å². The monoisotopic (exact) mass is 332 g/mol. The summed E-state index contributed by atoms with van der Waals surface area (Å²) in [5, 5.41) is 0.807. The second kappa shape index (κ2) is 6.82. The van der Waals surface area contributed by atoms with Gasteiger partial charge in [0, 0.05) is 24.2 Å². The standard InChI is InChI=1S/C20H32N2S/c1-2-3-4-7-23-19(14-22-6-5-21-15-22)20-11-16-8-17(12-20)10-18(9-16)13-20/h5-6,15-19H,2-4,7-14H2,1H3. The normalized spacial score (nSPS) is 36.5. The van der Waals surface area contributed by atoms with Crippen LogP contribution in [0.3, 0.4) is 0 Å². The van der Waals surface area contributed by atoms with Crippen molar-refractivity contribution in [3.05, 3.63) is 18.7 Å². The van der Waals surface area contributed by atoms with Crippen LogP contribution in [0.5, 0.6) is 0 Å². The van der Waals surface area contributed by atoms with Gasteiger partial charge in [-0.2, -0.15) is 11.8 Å². The van der Waals surface area contributed by atoms with Gasteiger partial charge in [0.15, 0.2) is 0 Å². The molecule has 4 aliphatic rings. The van der Waals surface area contributed by atoms with Gasteiger partial charge in [0.25, 0.3) is 0 Å². The summed E-state index contributed by atoms with van der Waals surface area (Å²) in [4.78, 5) is 4.29. The third kappa shape index (κ3) is 3.36. The first-order chi connectivity index (χ1) is 11.3. The van der Waals surface area contributed by atoms with E-state index in [0.717, 1.165) is 23.0 Å². The Labute approximate surface area is 145 Å². The highest BCUT2D eigenvalue weighted by molar-refractivity contribution is 7.99. The van der Waals surface area contributed by atoms with Crippen molar-refractivity contribution in [2.24, 2.45) is 23.2 Å². The molecule has 1 aromatic heterocycles. The van der Waals surface area contributed by atoms with Crippen molar-refractivity contribution in [3.63, 3.8) is 0 Å². The molecule has 0 saturated heterocycles. The minimum Gasteiger partial charge on any atom is -0.336 e. The quantitative estimate of drug-likeness (QED) is 0.594. The average molecular weight is 333 g/mol. The largest absolute Gasteiger partial charge is 0.336 e. The van der Waals surface area contributed by atoms with Crippen LogP contribution in [0.15, 0.2) is 18.7 Å². The molecule has 1 atom stereocenters. The van der Waals surface area contributed by atoms with Gasteiger partial charge >= 0.3 is 0 Å². The van der Waals surface area contributed by atoms with Gasteiger partial charge in [-0.15, -0.1) is 0 Å². The minimum atomic E-state index is 0.649. The van der Waals surface area contributed by atoms with Crippen molar-refractivity contribution in [2.45, 2.75) is 76.5 Å². The van der Waals surface area contributed by atoms with Crippen molar-refractivity contribution in [3.8, 4) is 0 Å². The van der Waals surface area contributed by atoms with Crippen LogP contribution >= 0.6 is 11.8 Å². The Kier molecular flexibility index (Phi) is 4.76. The molecular weight excluding hydrogens is 300 g/mol. The maximum absolute atomic E-state index is 4.29. The van der Waals surface area contributed by atoms with E-state index in [1.54, 1.807) is 19.3 Å². The van der Waals surface area contributed by atoms with E-state index in [-0.39, 0.29) is 0 Å². The Bertz CT molecular complexity index is 460. The summed E-state index contributed by atoms with van der Waals surface area (Å²) < 4.78 is 2.34. The molecule has 0 aliphatic heterocycles. The molecule has 4 aliphatic carbocycles. The van der Waals surface area contributed by atoms with Crippen LogP contribution in [-0.4, -0.2) is 20.6 Å². The molecule has 1 unspecified atom stereocenters. The Morgan fingerprint density at radius 2 is 1.83 bits per heavy atom. The smallest absolute Gasteiger partial charge is 0.0946 e. The summed E-state index contributed by atoms with van der Waals surface area (Å²) in [6.45, 7) is 3.50. The third-order valence-corrected chi connectivity index (χ3v) is 8.35. The van der Waals surface area contributed by atoms with Crippen LogP contribution < -0.4 is 0 Å². The molecule has 0 N–H and O–H groups in total. The summed E-state index contributed by atoms with van der Waals surface area (Å²) >= 11 is 2.30. The molecule has 1 heterocycles. The van der Waals surface area contributed by atoms with Crippen molar-refractivity contribution in [1.82, 2.24) is 9.55 Å². The highest BCUT2D eigenvalue weighted by atomic mass is 32.2. The van der Waals surface area contributed by atoms with Crippen LogP contribution in [0.1, 0.15) is 64.7 Å². The fourth-order valence-corrected chi connectivity index (χ4v) is 7.73. The van der Waals surface area contributed by atoms with Crippen LogP contribution in [0, 0.1) is 23.2 Å². The van der Waals surface area contributed by atoms with Gasteiger partial charge in [0.2, 0.25) is 0 Å². The molecule has 3 heteroatoms. The predicted molar refractivity (Wildman–Crippen MR) is 98.6 cm³/mol. The van der Waals surface area contributed by atoms with E-state index in [2.05, 4.69) is 34.4 Å². The van der Waals surface area contributed by atoms with Crippen molar-refractivity contribution < 1.29 is 0 Å². The molecule has 0 spiro atoms. The summed E-state index contributed by atoms with van der Waals surface area (Å²) in [5.74, 6) is 4.53. The van der Waals surface area contributed by atoms with Crippen molar-refractivity contribution >= 4 is 11.8 Å². The fraction of sp³-hybridized carbons (Fsp3) is 0.850. The van der Waals surface area contributed by atoms with E-state index in [1.165, 1.54) is 50.8 Å². The molecule has 128 valence electrons. The molecule has 4 bridgehead atoms. The van der Waals surface area contributed by atoms with Crippen molar-refractivity contribution in [2.75, 3.05) is 5.75 Å². The van der Waals surface area contributed by atoms with Crippen molar-refractivity contribution in [1.29, 1.82) is 0 Å². The second-order valence-electron chi connectivity index (χ2n) is 8.61. The van der Waals surface area contributed by atoms with Gasteiger partial charge in [0.05, 0.1) is 6.33 Å². The lowest BCUT2D eigenvalue weighted by atomic mass is 9.48. The molecular formula is C20H32N2S. The lowest BCUT2D eigenvalue weighted by molar-refractivity contribution is -0.0553.